The number of benzene rings is 1. The van der Waals surface area contributed by atoms with Gasteiger partial charge in [0.1, 0.15) is 11.6 Å². The van der Waals surface area contributed by atoms with E-state index in [4.69, 9.17) is 4.74 Å². The van der Waals surface area contributed by atoms with Crippen LogP contribution >= 0.6 is 0 Å². The van der Waals surface area contributed by atoms with Crippen molar-refractivity contribution in [3.8, 4) is 5.75 Å². The molecular formula is C15H20FNO. The molecule has 0 amide bonds. The first-order valence-electron chi connectivity index (χ1n) is 6.47. The summed E-state index contributed by atoms with van der Waals surface area (Å²) in [6.07, 6.45) is 8.01. The van der Waals surface area contributed by atoms with Crippen molar-refractivity contribution in [1.82, 2.24) is 5.32 Å². The third-order valence-corrected chi connectivity index (χ3v) is 3.39. The zero-order chi connectivity index (χ0) is 12.8. The smallest absolute Gasteiger partial charge is 0.131 e. The molecule has 1 aromatic rings. The quantitative estimate of drug-likeness (QED) is 0.809. The highest BCUT2D eigenvalue weighted by atomic mass is 19.1. The average molecular weight is 249 g/mol. The molecule has 0 heterocycles. The molecule has 0 saturated carbocycles. The third kappa shape index (κ3) is 3.57. The van der Waals surface area contributed by atoms with Crippen LogP contribution in [0.15, 0.2) is 30.4 Å². The van der Waals surface area contributed by atoms with Crippen molar-refractivity contribution in [2.24, 2.45) is 5.92 Å². The van der Waals surface area contributed by atoms with Crippen LogP contribution in [-0.2, 0) is 6.54 Å². The summed E-state index contributed by atoms with van der Waals surface area (Å²) >= 11 is 0. The van der Waals surface area contributed by atoms with E-state index >= 15 is 0 Å². The van der Waals surface area contributed by atoms with E-state index < -0.39 is 0 Å². The van der Waals surface area contributed by atoms with Crippen LogP contribution in [0.2, 0.25) is 0 Å². The Morgan fingerprint density at radius 2 is 2.28 bits per heavy atom. The van der Waals surface area contributed by atoms with E-state index in [1.54, 1.807) is 19.2 Å². The first kappa shape index (κ1) is 13.1. The fourth-order valence-corrected chi connectivity index (χ4v) is 2.25. The Labute approximate surface area is 108 Å². The van der Waals surface area contributed by atoms with Crippen LogP contribution in [0.25, 0.3) is 0 Å². The van der Waals surface area contributed by atoms with E-state index in [0.29, 0.717) is 23.8 Å². The van der Waals surface area contributed by atoms with E-state index in [1.807, 2.05) is 0 Å². The number of nitrogens with one attached hydrogen (secondary N) is 1. The molecule has 0 radical (unpaired) electrons. The maximum atomic E-state index is 13.7. The van der Waals surface area contributed by atoms with E-state index in [1.165, 1.54) is 18.9 Å². The number of hydrogen-bond donors (Lipinski definition) is 1. The van der Waals surface area contributed by atoms with Crippen LogP contribution in [0.1, 0.15) is 24.8 Å². The van der Waals surface area contributed by atoms with Crippen molar-refractivity contribution in [2.75, 3.05) is 13.7 Å². The van der Waals surface area contributed by atoms with Gasteiger partial charge in [-0.1, -0.05) is 18.2 Å². The van der Waals surface area contributed by atoms with Gasteiger partial charge in [0.15, 0.2) is 0 Å². The maximum absolute atomic E-state index is 13.7. The minimum atomic E-state index is -0.203. The molecule has 0 saturated heterocycles. The normalized spacial score (nSPS) is 18.9. The van der Waals surface area contributed by atoms with Gasteiger partial charge in [-0.25, -0.2) is 4.39 Å². The Balaban J connectivity index is 1.81. The highest BCUT2D eigenvalue weighted by molar-refractivity contribution is 5.28. The van der Waals surface area contributed by atoms with Crippen molar-refractivity contribution in [1.29, 1.82) is 0 Å². The second-order valence-electron chi connectivity index (χ2n) is 4.74. The standard InChI is InChI=1S/C15H20FNO/c1-18-14-8-7-13(15(16)9-14)11-17-10-12-5-3-2-4-6-12/h2-3,7-9,12,17H,4-6,10-11H2,1H3. The molecule has 1 N–H and O–H groups in total. The van der Waals surface area contributed by atoms with E-state index in [9.17, 15) is 4.39 Å². The van der Waals surface area contributed by atoms with Crippen LogP contribution in [0, 0.1) is 11.7 Å². The lowest BCUT2D eigenvalue weighted by Gasteiger charge is -2.18. The first-order valence-corrected chi connectivity index (χ1v) is 6.47. The van der Waals surface area contributed by atoms with Gasteiger partial charge in [-0.15, -0.1) is 0 Å². The predicted octanol–water partition coefficient (Wildman–Crippen LogP) is 3.28. The van der Waals surface area contributed by atoms with Gasteiger partial charge in [-0.05, 0) is 37.8 Å². The highest BCUT2D eigenvalue weighted by Gasteiger charge is 2.10. The lowest BCUT2D eigenvalue weighted by molar-refractivity contribution is 0.409. The molecule has 0 fully saturated rings. The zero-order valence-electron chi connectivity index (χ0n) is 10.8. The van der Waals surface area contributed by atoms with Crippen LogP contribution in [-0.4, -0.2) is 13.7 Å². The van der Waals surface area contributed by atoms with Crippen molar-refractivity contribution in [2.45, 2.75) is 25.8 Å². The molecule has 18 heavy (non-hydrogen) atoms. The van der Waals surface area contributed by atoms with Gasteiger partial charge in [0.2, 0.25) is 0 Å². The summed E-state index contributed by atoms with van der Waals surface area (Å²) in [5, 5.41) is 3.33. The molecule has 0 aliphatic heterocycles. The number of allylic oxidation sites excluding steroid dienone is 2. The van der Waals surface area contributed by atoms with Crippen molar-refractivity contribution < 1.29 is 9.13 Å². The van der Waals surface area contributed by atoms with Gasteiger partial charge >= 0.3 is 0 Å². The van der Waals surface area contributed by atoms with Crippen molar-refractivity contribution in [3.05, 3.63) is 41.7 Å². The molecule has 1 aliphatic carbocycles. The number of ether oxygens (including phenoxy) is 1. The minimum absolute atomic E-state index is 0.203. The minimum Gasteiger partial charge on any atom is -0.497 e. The molecule has 1 atom stereocenters. The summed E-state index contributed by atoms with van der Waals surface area (Å²) in [4.78, 5) is 0. The molecule has 1 unspecified atom stereocenters. The molecule has 2 rings (SSSR count). The first-order chi connectivity index (χ1) is 8.79. The van der Waals surface area contributed by atoms with Gasteiger partial charge in [0, 0.05) is 18.2 Å². The second kappa shape index (κ2) is 6.55. The van der Waals surface area contributed by atoms with Gasteiger partial charge in [0.05, 0.1) is 7.11 Å². The van der Waals surface area contributed by atoms with E-state index in [2.05, 4.69) is 17.5 Å². The van der Waals surface area contributed by atoms with Gasteiger partial charge < -0.3 is 10.1 Å². The number of rotatable bonds is 5. The van der Waals surface area contributed by atoms with Crippen LogP contribution in [0.5, 0.6) is 5.75 Å². The number of hydrogen-bond acceptors (Lipinski definition) is 2. The molecule has 2 nitrogen and oxygen atoms in total. The number of halogens is 1. The average Bonchev–Trinajstić information content (AvgIpc) is 2.42. The fourth-order valence-electron chi connectivity index (χ4n) is 2.25. The molecule has 3 heteroatoms. The lowest BCUT2D eigenvalue weighted by atomic mass is 9.94. The number of methoxy groups -OCH3 is 1. The van der Waals surface area contributed by atoms with E-state index in [0.717, 1.165) is 13.0 Å². The largest absolute Gasteiger partial charge is 0.497 e. The summed E-state index contributed by atoms with van der Waals surface area (Å²) in [6.45, 7) is 1.53. The Morgan fingerprint density at radius 1 is 1.39 bits per heavy atom. The zero-order valence-corrected chi connectivity index (χ0v) is 10.8. The topological polar surface area (TPSA) is 21.3 Å². The summed E-state index contributed by atoms with van der Waals surface area (Å²) in [7, 11) is 1.54. The molecule has 98 valence electrons. The Kier molecular flexibility index (Phi) is 4.76. The molecule has 0 aromatic heterocycles. The molecular weight excluding hydrogens is 229 g/mol. The van der Waals surface area contributed by atoms with Crippen molar-refractivity contribution >= 4 is 0 Å². The molecule has 1 aliphatic rings. The molecule has 1 aromatic carbocycles. The van der Waals surface area contributed by atoms with Gasteiger partial charge in [-0.2, -0.15) is 0 Å². The van der Waals surface area contributed by atoms with Crippen molar-refractivity contribution in [3.63, 3.8) is 0 Å². The molecule has 0 bridgehead atoms. The lowest BCUT2D eigenvalue weighted by Crippen LogP contribution is -2.23. The molecule has 0 spiro atoms. The Morgan fingerprint density at radius 3 is 2.94 bits per heavy atom. The Hall–Kier alpha value is -1.35. The third-order valence-electron chi connectivity index (χ3n) is 3.39. The van der Waals surface area contributed by atoms with Crippen LogP contribution in [0.3, 0.4) is 0 Å². The fraction of sp³-hybridized carbons (Fsp3) is 0.467. The Bertz CT molecular complexity index is 417. The van der Waals surface area contributed by atoms with Crippen LogP contribution in [0.4, 0.5) is 4.39 Å². The summed E-state index contributed by atoms with van der Waals surface area (Å²) in [6, 6.07) is 5.01. The van der Waals surface area contributed by atoms with Gasteiger partial charge in [-0.3, -0.25) is 0 Å². The van der Waals surface area contributed by atoms with E-state index in [-0.39, 0.29) is 5.82 Å². The van der Waals surface area contributed by atoms with Gasteiger partial charge in [0.25, 0.3) is 0 Å². The summed E-state index contributed by atoms with van der Waals surface area (Å²) in [5.41, 5.74) is 0.696. The maximum Gasteiger partial charge on any atom is 0.131 e. The predicted molar refractivity (Wildman–Crippen MR) is 71.1 cm³/mol. The summed E-state index contributed by atoms with van der Waals surface area (Å²) < 4.78 is 18.7. The SMILES string of the molecule is COc1ccc(CNCC2CC=CCC2)c(F)c1. The second-order valence-corrected chi connectivity index (χ2v) is 4.74. The summed E-state index contributed by atoms with van der Waals surface area (Å²) in [5.74, 6) is 1.05. The van der Waals surface area contributed by atoms with Crippen LogP contribution < -0.4 is 10.1 Å². The monoisotopic (exact) mass is 249 g/mol. The highest BCUT2D eigenvalue weighted by Crippen LogP contribution is 2.18.